The number of carbonyl (C=O) groups is 1. The molecule has 0 unspecified atom stereocenters. The van der Waals surface area contributed by atoms with E-state index in [0.29, 0.717) is 11.1 Å². The van der Waals surface area contributed by atoms with Crippen molar-refractivity contribution in [1.82, 2.24) is 4.31 Å². The average molecular weight is 347 g/mol. The van der Waals surface area contributed by atoms with Crippen LogP contribution in [0.15, 0.2) is 41.3 Å². The Kier molecular flexibility index (Phi) is 4.27. The molecule has 126 valence electrons. The van der Waals surface area contributed by atoms with Crippen LogP contribution in [0, 0.1) is 19.7 Å². The van der Waals surface area contributed by atoms with Crippen LogP contribution >= 0.6 is 0 Å². The molecule has 1 aliphatic heterocycles. The number of benzene rings is 2. The topological polar surface area (TPSA) is 54.5 Å². The molecular weight excluding hydrogens is 329 g/mol. The van der Waals surface area contributed by atoms with Crippen LogP contribution in [0.5, 0.6) is 0 Å². The van der Waals surface area contributed by atoms with Gasteiger partial charge in [-0.05, 0) is 43.2 Å². The second kappa shape index (κ2) is 6.11. The van der Waals surface area contributed by atoms with Crippen molar-refractivity contribution in [2.45, 2.75) is 31.7 Å². The molecule has 0 bridgehead atoms. The van der Waals surface area contributed by atoms with Crippen molar-refractivity contribution in [2.24, 2.45) is 0 Å². The summed E-state index contributed by atoms with van der Waals surface area (Å²) in [5, 5.41) is 0. The molecule has 0 aliphatic carbocycles. The number of ketones is 1. The Bertz CT molecular complexity index is 905. The first-order chi connectivity index (χ1) is 11.3. The lowest BCUT2D eigenvalue weighted by Crippen LogP contribution is -2.31. The molecule has 0 spiro atoms. The van der Waals surface area contributed by atoms with E-state index in [0.717, 1.165) is 5.56 Å². The van der Waals surface area contributed by atoms with Gasteiger partial charge in [0.1, 0.15) is 5.82 Å². The Balaban J connectivity index is 2.02. The third-order valence-electron chi connectivity index (χ3n) is 4.28. The zero-order valence-electron chi connectivity index (χ0n) is 13.5. The highest BCUT2D eigenvalue weighted by atomic mass is 32.2. The van der Waals surface area contributed by atoms with Crippen LogP contribution in [0.2, 0.25) is 0 Å². The smallest absolute Gasteiger partial charge is 0.243 e. The minimum Gasteiger partial charge on any atom is -0.294 e. The van der Waals surface area contributed by atoms with E-state index in [1.807, 2.05) is 6.92 Å². The number of rotatable bonds is 2. The number of aryl methyl sites for hydroxylation is 2. The zero-order chi connectivity index (χ0) is 17.5. The maximum Gasteiger partial charge on any atom is 0.243 e. The molecule has 0 amide bonds. The van der Waals surface area contributed by atoms with E-state index in [1.165, 1.54) is 10.4 Å². The van der Waals surface area contributed by atoms with Crippen LogP contribution in [0.25, 0.3) is 0 Å². The van der Waals surface area contributed by atoms with Gasteiger partial charge < -0.3 is 0 Å². The number of carbonyl (C=O) groups excluding carboxylic acids is 1. The molecule has 0 saturated carbocycles. The van der Waals surface area contributed by atoms with E-state index in [9.17, 15) is 17.6 Å². The van der Waals surface area contributed by atoms with E-state index >= 15 is 0 Å². The molecule has 3 rings (SSSR count). The predicted octanol–water partition coefficient (Wildman–Crippen LogP) is 3.22. The summed E-state index contributed by atoms with van der Waals surface area (Å²) in [7, 11) is -3.70. The molecule has 2 aromatic carbocycles. The molecule has 2 aromatic rings. The number of fused-ring (bicyclic) bond motifs is 1. The molecular formula is C18H18FNO3S. The van der Waals surface area contributed by atoms with Gasteiger partial charge in [0.2, 0.25) is 10.0 Å². The molecule has 0 saturated heterocycles. The van der Waals surface area contributed by atoms with Gasteiger partial charge in [-0.25, -0.2) is 12.8 Å². The first kappa shape index (κ1) is 16.8. The maximum absolute atomic E-state index is 13.8. The Morgan fingerprint density at radius 2 is 1.75 bits per heavy atom. The van der Waals surface area contributed by atoms with E-state index in [4.69, 9.17) is 0 Å². The fourth-order valence-corrected chi connectivity index (χ4v) is 4.24. The highest BCUT2D eigenvalue weighted by molar-refractivity contribution is 7.89. The summed E-state index contributed by atoms with van der Waals surface area (Å²) in [5.41, 5.74) is 2.19. The van der Waals surface area contributed by atoms with Gasteiger partial charge in [0, 0.05) is 25.1 Å². The van der Waals surface area contributed by atoms with E-state index in [2.05, 4.69) is 0 Å². The molecule has 1 heterocycles. The fraction of sp³-hybridized carbons (Fsp3) is 0.278. The normalized spacial score (nSPS) is 15.9. The quantitative estimate of drug-likeness (QED) is 0.838. The van der Waals surface area contributed by atoms with Crippen molar-refractivity contribution in [3.63, 3.8) is 0 Å². The molecule has 0 fully saturated rings. The van der Waals surface area contributed by atoms with Crippen molar-refractivity contribution in [1.29, 1.82) is 0 Å². The number of sulfonamides is 1. The standard InChI is InChI=1S/C18H18FNO3S/c1-12-3-5-15(6-4-12)24(22,23)20-8-7-18(21)16-10-17(19)13(2)9-14(16)11-20/h3-6,9-10H,7-8,11H2,1-2H3. The largest absolute Gasteiger partial charge is 0.294 e. The summed E-state index contributed by atoms with van der Waals surface area (Å²) in [4.78, 5) is 12.4. The Hall–Kier alpha value is -2.05. The number of nitrogens with zero attached hydrogens (tertiary/aromatic N) is 1. The monoisotopic (exact) mass is 347 g/mol. The molecule has 0 N–H and O–H groups in total. The first-order valence-corrected chi connectivity index (χ1v) is 9.12. The Labute approximate surface area is 141 Å². The third-order valence-corrected chi connectivity index (χ3v) is 6.14. The Morgan fingerprint density at radius 3 is 2.42 bits per heavy atom. The van der Waals surface area contributed by atoms with E-state index in [-0.39, 0.29) is 35.8 Å². The van der Waals surface area contributed by atoms with Crippen molar-refractivity contribution >= 4 is 15.8 Å². The van der Waals surface area contributed by atoms with Gasteiger partial charge in [0.05, 0.1) is 4.90 Å². The summed E-state index contributed by atoms with van der Waals surface area (Å²) in [5.74, 6) is -0.678. The average Bonchev–Trinajstić information content (AvgIpc) is 2.69. The highest BCUT2D eigenvalue weighted by Crippen LogP contribution is 2.26. The van der Waals surface area contributed by atoms with Crippen molar-refractivity contribution in [3.05, 3.63) is 64.5 Å². The van der Waals surface area contributed by atoms with Gasteiger partial charge in [0.25, 0.3) is 0 Å². The predicted molar refractivity (Wildman–Crippen MR) is 88.9 cm³/mol. The summed E-state index contributed by atoms with van der Waals surface area (Å²) in [6.45, 7) is 3.64. The van der Waals surface area contributed by atoms with Gasteiger partial charge >= 0.3 is 0 Å². The molecule has 0 atom stereocenters. The lowest BCUT2D eigenvalue weighted by atomic mass is 10.0. The molecule has 24 heavy (non-hydrogen) atoms. The van der Waals surface area contributed by atoms with Crippen LogP contribution in [0.3, 0.4) is 0 Å². The van der Waals surface area contributed by atoms with Crippen molar-refractivity contribution < 1.29 is 17.6 Å². The number of hydrogen-bond acceptors (Lipinski definition) is 3. The molecule has 1 aliphatic rings. The second-order valence-electron chi connectivity index (χ2n) is 6.08. The summed E-state index contributed by atoms with van der Waals surface area (Å²) in [6.07, 6.45) is 0.0423. The van der Waals surface area contributed by atoms with Crippen molar-refractivity contribution in [3.8, 4) is 0 Å². The summed E-state index contributed by atoms with van der Waals surface area (Å²) < 4.78 is 40.8. The van der Waals surface area contributed by atoms with E-state index < -0.39 is 15.8 Å². The van der Waals surface area contributed by atoms with E-state index in [1.54, 1.807) is 37.3 Å². The van der Waals surface area contributed by atoms with Crippen LogP contribution in [0.4, 0.5) is 4.39 Å². The maximum atomic E-state index is 13.8. The lowest BCUT2D eigenvalue weighted by Gasteiger charge is -2.20. The van der Waals surface area contributed by atoms with Crippen LogP contribution in [0.1, 0.15) is 33.5 Å². The van der Waals surface area contributed by atoms with Crippen LogP contribution < -0.4 is 0 Å². The van der Waals surface area contributed by atoms with Crippen molar-refractivity contribution in [2.75, 3.05) is 6.54 Å². The van der Waals surface area contributed by atoms with Gasteiger partial charge in [-0.3, -0.25) is 4.79 Å². The SMILES string of the molecule is Cc1ccc(S(=O)(=O)N2CCC(=O)c3cc(F)c(C)cc3C2)cc1. The molecule has 6 heteroatoms. The molecule has 0 radical (unpaired) electrons. The lowest BCUT2D eigenvalue weighted by molar-refractivity contribution is 0.0981. The van der Waals surface area contributed by atoms with Gasteiger partial charge in [0.15, 0.2) is 5.78 Å². The zero-order valence-corrected chi connectivity index (χ0v) is 14.4. The first-order valence-electron chi connectivity index (χ1n) is 7.68. The van der Waals surface area contributed by atoms with Gasteiger partial charge in [-0.2, -0.15) is 4.31 Å². The molecule has 4 nitrogen and oxygen atoms in total. The summed E-state index contributed by atoms with van der Waals surface area (Å²) in [6, 6.07) is 9.38. The minimum absolute atomic E-state index is 0.0423. The number of hydrogen-bond donors (Lipinski definition) is 0. The third kappa shape index (κ3) is 2.99. The minimum atomic E-state index is -3.70. The molecule has 0 aromatic heterocycles. The van der Waals surface area contributed by atoms with Crippen LogP contribution in [-0.2, 0) is 16.6 Å². The second-order valence-corrected chi connectivity index (χ2v) is 8.02. The van der Waals surface area contributed by atoms with Gasteiger partial charge in [-0.15, -0.1) is 0 Å². The number of Topliss-reactive ketones (excluding diaryl/α,β-unsaturated/α-hetero) is 1. The summed E-state index contributed by atoms with van der Waals surface area (Å²) >= 11 is 0. The van der Waals surface area contributed by atoms with Gasteiger partial charge in [-0.1, -0.05) is 23.8 Å². The Morgan fingerprint density at radius 1 is 1.08 bits per heavy atom. The van der Waals surface area contributed by atoms with Crippen LogP contribution in [-0.4, -0.2) is 25.1 Å². The number of halogens is 1. The fourth-order valence-electron chi connectivity index (χ4n) is 2.83. The highest BCUT2D eigenvalue weighted by Gasteiger charge is 2.30.